The molecule has 0 aliphatic heterocycles. The number of aryl methyl sites for hydroxylation is 1. The summed E-state index contributed by atoms with van der Waals surface area (Å²) in [5.41, 5.74) is 3.86. The average Bonchev–Trinajstić information content (AvgIpc) is 2.35. The fourth-order valence-corrected chi connectivity index (χ4v) is 1.41. The molecule has 0 spiro atoms. The molecule has 1 aromatic heterocycles. The van der Waals surface area contributed by atoms with Gasteiger partial charge >= 0.3 is 0 Å². The van der Waals surface area contributed by atoms with Crippen LogP contribution in [0.1, 0.15) is 5.56 Å². The van der Waals surface area contributed by atoms with Gasteiger partial charge in [0.1, 0.15) is 0 Å². The Balaban J connectivity index is 2.29. The van der Waals surface area contributed by atoms with Crippen LogP contribution in [0.5, 0.6) is 11.6 Å². The zero-order valence-corrected chi connectivity index (χ0v) is 9.58. The Morgan fingerprint density at radius 1 is 1.33 bits per heavy atom. The predicted octanol–water partition coefficient (Wildman–Crippen LogP) is 2.75. The SMILES string of the molecule is Cc1cc(Oc2cccc(F)c2F)ncc1NN. The monoisotopic (exact) mass is 251 g/mol. The molecular weight excluding hydrogens is 240 g/mol. The minimum absolute atomic E-state index is 0.163. The lowest BCUT2D eigenvalue weighted by atomic mass is 10.2. The Bertz CT molecular complexity index is 575. The van der Waals surface area contributed by atoms with E-state index in [1.54, 1.807) is 13.0 Å². The van der Waals surface area contributed by atoms with Gasteiger partial charge in [-0.2, -0.15) is 4.39 Å². The van der Waals surface area contributed by atoms with Crippen molar-refractivity contribution >= 4 is 5.69 Å². The first-order valence-electron chi connectivity index (χ1n) is 5.17. The van der Waals surface area contributed by atoms with Gasteiger partial charge in [0.15, 0.2) is 11.6 Å². The van der Waals surface area contributed by atoms with Crippen LogP contribution in [0.3, 0.4) is 0 Å². The Kier molecular flexibility index (Phi) is 3.38. The third-order valence-electron chi connectivity index (χ3n) is 2.37. The third-order valence-corrected chi connectivity index (χ3v) is 2.37. The molecule has 0 radical (unpaired) electrons. The fraction of sp³-hybridized carbons (Fsp3) is 0.0833. The Labute approximate surface area is 102 Å². The van der Waals surface area contributed by atoms with Crippen molar-refractivity contribution in [2.45, 2.75) is 6.92 Å². The number of ether oxygens (including phenoxy) is 1. The molecule has 1 aromatic carbocycles. The van der Waals surface area contributed by atoms with Crippen LogP contribution in [0, 0.1) is 18.6 Å². The zero-order chi connectivity index (χ0) is 13.1. The zero-order valence-electron chi connectivity index (χ0n) is 9.58. The van der Waals surface area contributed by atoms with Crippen molar-refractivity contribution in [1.29, 1.82) is 0 Å². The molecule has 0 bridgehead atoms. The van der Waals surface area contributed by atoms with Gasteiger partial charge in [-0.15, -0.1) is 0 Å². The number of nitrogens with zero attached hydrogens (tertiary/aromatic N) is 1. The van der Waals surface area contributed by atoms with Gasteiger partial charge in [-0.3, -0.25) is 5.84 Å². The second kappa shape index (κ2) is 4.97. The van der Waals surface area contributed by atoms with Crippen molar-refractivity contribution < 1.29 is 13.5 Å². The van der Waals surface area contributed by atoms with Gasteiger partial charge in [-0.25, -0.2) is 9.37 Å². The van der Waals surface area contributed by atoms with Crippen LogP contribution in [-0.2, 0) is 0 Å². The minimum atomic E-state index is -1.04. The summed E-state index contributed by atoms with van der Waals surface area (Å²) in [6.07, 6.45) is 1.45. The van der Waals surface area contributed by atoms with Crippen LogP contribution in [0.2, 0.25) is 0 Å². The third kappa shape index (κ3) is 2.38. The minimum Gasteiger partial charge on any atom is -0.436 e. The lowest BCUT2D eigenvalue weighted by Crippen LogP contribution is -2.08. The first-order chi connectivity index (χ1) is 8.61. The quantitative estimate of drug-likeness (QED) is 0.650. The average molecular weight is 251 g/mol. The summed E-state index contributed by atoms with van der Waals surface area (Å²) >= 11 is 0. The summed E-state index contributed by atoms with van der Waals surface area (Å²) in [7, 11) is 0. The highest BCUT2D eigenvalue weighted by Crippen LogP contribution is 2.26. The predicted molar refractivity (Wildman–Crippen MR) is 63.2 cm³/mol. The molecule has 0 aliphatic rings. The number of hydrogen-bond acceptors (Lipinski definition) is 4. The Hall–Kier alpha value is -2.21. The largest absolute Gasteiger partial charge is 0.436 e. The highest BCUT2D eigenvalue weighted by Gasteiger charge is 2.10. The maximum atomic E-state index is 13.4. The molecule has 0 aliphatic carbocycles. The molecule has 0 fully saturated rings. The molecule has 0 atom stereocenters. The van der Waals surface area contributed by atoms with E-state index < -0.39 is 11.6 Å². The smallest absolute Gasteiger partial charge is 0.219 e. The van der Waals surface area contributed by atoms with Gasteiger partial charge in [0.25, 0.3) is 0 Å². The van der Waals surface area contributed by atoms with E-state index in [1.807, 2.05) is 0 Å². The van der Waals surface area contributed by atoms with Crippen molar-refractivity contribution in [3.05, 3.63) is 47.7 Å². The molecule has 0 amide bonds. The van der Waals surface area contributed by atoms with Gasteiger partial charge in [0.05, 0.1) is 11.9 Å². The first-order valence-corrected chi connectivity index (χ1v) is 5.17. The summed E-state index contributed by atoms with van der Waals surface area (Å²) < 4.78 is 31.5. The first kappa shape index (κ1) is 12.3. The molecular formula is C12H11F2N3O. The van der Waals surface area contributed by atoms with Gasteiger partial charge in [-0.1, -0.05) is 6.07 Å². The van der Waals surface area contributed by atoms with Crippen LogP contribution in [0.15, 0.2) is 30.5 Å². The van der Waals surface area contributed by atoms with Crippen LogP contribution in [0.25, 0.3) is 0 Å². The molecule has 3 N–H and O–H groups in total. The van der Waals surface area contributed by atoms with E-state index in [-0.39, 0.29) is 11.6 Å². The molecule has 6 heteroatoms. The lowest BCUT2D eigenvalue weighted by Gasteiger charge is -2.09. The number of pyridine rings is 1. The second-order valence-corrected chi connectivity index (χ2v) is 3.64. The summed E-state index contributed by atoms with van der Waals surface area (Å²) in [4.78, 5) is 3.92. The van der Waals surface area contributed by atoms with Crippen LogP contribution in [-0.4, -0.2) is 4.98 Å². The molecule has 0 unspecified atom stereocenters. The van der Waals surface area contributed by atoms with Gasteiger partial charge in [0.2, 0.25) is 11.7 Å². The molecule has 0 saturated carbocycles. The standard InChI is InChI=1S/C12H11F2N3O/c1-7-5-11(16-6-9(7)17-15)18-10-4-2-3-8(13)12(10)14/h2-6,17H,15H2,1H3. The summed E-state index contributed by atoms with van der Waals surface area (Å²) in [6.45, 7) is 1.78. The number of nitrogen functional groups attached to an aromatic ring is 1. The van der Waals surface area contributed by atoms with E-state index in [2.05, 4.69) is 10.4 Å². The Morgan fingerprint density at radius 3 is 2.78 bits per heavy atom. The van der Waals surface area contributed by atoms with E-state index in [1.165, 1.54) is 18.3 Å². The van der Waals surface area contributed by atoms with Gasteiger partial charge < -0.3 is 10.2 Å². The van der Waals surface area contributed by atoms with Crippen molar-refractivity contribution in [3.63, 3.8) is 0 Å². The van der Waals surface area contributed by atoms with Crippen molar-refractivity contribution in [2.24, 2.45) is 5.84 Å². The summed E-state index contributed by atoms with van der Waals surface area (Å²) in [5.74, 6) is 3.20. The van der Waals surface area contributed by atoms with Crippen LogP contribution < -0.4 is 16.0 Å². The number of halogens is 2. The maximum absolute atomic E-state index is 13.4. The number of nitrogens with two attached hydrogens (primary N) is 1. The highest BCUT2D eigenvalue weighted by molar-refractivity contribution is 5.49. The number of rotatable bonds is 3. The van der Waals surface area contributed by atoms with E-state index >= 15 is 0 Å². The fourth-order valence-electron chi connectivity index (χ4n) is 1.41. The van der Waals surface area contributed by atoms with Crippen LogP contribution in [0.4, 0.5) is 14.5 Å². The van der Waals surface area contributed by atoms with Crippen LogP contribution >= 0.6 is 0 Å². The highest BCUT2D eigenvalue weighted by atomic mass is 19.2. The van der Waals surface area contributed by atoms with E-state index in [4.69, 9.17) is 10.6 Å². The summed E-state index contributed by atoms with van der Waals surface area (Å²) in [6, 6.07) is 5.27. The number of benzene rings is 1. The summed E-state index contributed by atoms with van der Waals surface area (Å²) in [5, 5.41) is 0. The number of nitrogens with one attached hydrogen (secondary N) is 1. The molecule has 94 valence electrons. The normalized spacial score (nSPS) is 10.2. The van der Waals surface area contributed by atoms with E-state index in [0.29, 0.717) is 5.69 Å². The topological polar surface area (TPSA) is 60.2 Å². The molecule has 4 nitrogen and oxygen atoms in total. The number of anilines is 1. The number of hydrazine groups is 1. The van der Waals surface area contributed by atoms with Crippen molar-refractivity contribution in [1.82, 2.24) is 4.98 Å². The van der Waals surface area contributed by atoms with Gasteiger partial charge in [-0.05, 0) is 24.6 Å². The molecule has 0 saturated heterocycles. The van der Waals surface area contributed by atoms with Gasteiger partial charge in [0, 0.05) is 6.07 Å². The second-order valence-electron chi connectivity index (χ2n) is 3.64. The van der Waals surface area contributed by atoms with E-state index in [9.17, 15) is 8.78 Å². The van der Waals surface area contributed by atoms with E-state index in [0.717, 1.165) is 11.6 Å². The Morgan fingerprint density at radius 2 is 2.11 bits per heavy atom. The molecule has 1 heterocycles. The number of hydrogen-bond donors (Lipinski definition) is 2. The van der Waals surface area contributed by atoms with Crippen molar-refractivity contribution in [2.75, 3.05) is 5.43 Å². The molecule has 2 aromatic rings. The number of aromatic nitrogens is 1. The molecule has 18 heavy (non-hydrogen) atoms. The maximum Gasteiger partial charge on any atom is 0.219 e. The lowest BCUT2D eigenvalue weighted by molar-refractivity contribution is 0.405. The molecule has 2 rings (SSSR count). The van der Waals surface area contributed by atoms with Crippen molar-refractivity contribution in [3.8, 4) is 11.6 Å².